The molecule has 0 aliphatic carbocycles. The third-order valence-corrected chi connectivity index (χ3v) is 6.48. The summed E-state index contributed by atoms with van der Waals surface area (Å²) < 4.78 is 40.9. The van der Waals surface area contributed by atoms with Gasteiger partial charge in [-0.1, -0.05) is 6.92 Å². The van der Waals surface area contributed by atoms with E-state index < -0.39 is 15.8 Å². The van der Waals surface area contributed by atoms with Crippen LogP contribution in [-0.2, 0) is 10.0 Å². The Morgan fingerprint density at radius 3 is 2.70 bits per heavy atom. The summed E-state index contributed by atoms with van der Waals surface area (Å²) in [6.45, 7) is 4.29. The van der Waals surface area contributed by atoms with E-state index in [1.54, 1.807) is 0 Å². The van der Waals surface area contributed by atoms with Gasteiger partial charge in [0.05, 0.1) is 4.47 Å². The maximum atomic E-state index is 14.1. The van der Waals surface area contributed by atoms with Gasteiger partial charge in [0.1, 0.15) is 4.90 Å². The molecule has 0 amide bonds. The van der Waals surface area contributed by atoms with Crippen LogP contribution in [0.25, 0.3) is 0 Å². The lowest BCUT2D eigenvalue weighted by Crippen LogP contribution is -2.46. The minimum atomic E-state index is -3.87. The van der Waals surface area contributed by atoms with Gasteiger partial charge in [0.2, 0.25) is 10.0 Å². The monoisotopic (exact) mass is 364 g/mol. The first-order valence-electron chi connectivity index (χ1n) is 6.51. The Balaban J connectivity index is 2.50. The summed E-state index contributed by atoms with van der Waals surface area (Å²) in [5.41, 5.74) is 5.85. The number of piperidine rings is 1. The van der Waals surface area contributed by atoms with Gasteiger partial charge in [0.15, 0.2) is 5.82 Å². The number of sulfonamides is 1. The lowest BCUT2D eigenvalue weighted by atomic mass is 9.94. The molecule has 1 aromatic carbocycles. The average molecular weight is 365 g/mol. The molecule has 20 heavy (non-hydrogen) atoms. The molecule has 4 nitrogen and oxygen atoms in total. The molecule has 1 fully saturated rings. The third kappa shape index (κ3) is 2.71. The topological polar surface area (TPSA) is 63.4 Å². The second-order valence-electron chi connectivity index (χ2n) is 5.29. The van der Waals surface area contributed by atoms with E-state index in [0.717, 1.165) is 12.8 Å². The third-order valence-electron chi connectivity index (χ3n) is 3.92. The maximum Gasteiger partial charge on any atom is 0.246 e. The summed E-state index contributed by atoms with van der Waals surface area (Å²) in [7, 11) is -3.87. The van der Waals surface area contributed by atoms with Crippen molar-refractivity contribution in [2.75, 3.05) is 12.3 Å². The van der Waals surface area contributed by atoms with Gasteiger partial charge in [0.25, 0.3) is 0 Å². The van der Waals surface area contributed by atoms with Crippen LogP contribution in [0.1, 0.15) is 26.7 Å². The van der Waals surface area contributed by atoms with E-state index in [9.17, 15) is 12.8 Å². The smallest absolute Gasteiger partial charge is 0.246 e. The molecule has 1 aliphatic heterocycles. The molecule has 1 aliphatic rings. The van der Waals surface area contributed by atoms with E-state index in [2.05, 4.69) is 15.9 Å². The molecule has 2 rings (SSSR count). The molecule has 1 heterocycles. The number of anilines is 1. The Morgan fingerprint density at radius 2 is 2.05 bits per heavy atom. The molecule has 2 N–H and O–H groups in total. The lowest BCUT2D eigenvalue weighted by Gasteiger charge is -2.36. The number of nitrogens with two attached hydrogens (primary N) is 1. The summed E-state index contributed by atoms with van der Waals surface area (Å²) in [6.07, 6.45) is 1.77. The van der Waals surface area contributed by atoms with E-state index in [4.69, 9.17) is 5.73 Å². The molecule has 0 bridgehead atoms. The van der Waals surface area contributed by atoms with Crippen LogP contribution in [0.3, 0.4) is 0 Å². The molecular weight excluding hydrogens is 347 g/mol. The van der Waals surface area contributed by atoms with Crippen LogP contribution in [0.4, 0.5) is 10.1 Å². The van der Waals surface area contributed by atoms with E-state index in [1.165, 1.54) is 16.4 Å². The van der Waals surface area contributed by atoms with Crippen LogP contribution in [0, 0.1) is 11.7 Å². The van der Waals surface area contributed by atoms with E-state index in [-0.39, 0.29) is 27.0 Å². The minimum Gasteiger partial charge on any atom is -0.399 e. The molecule has 2 unspecified atom stereocenters. The molecule has 1 aromatic rings. The first kappa shape index (κ1) is 15.7. The molecule has 0 saturated carbocycles. The molecule has 2 atom stereocenters. The van der Waals surface area contributed by atoms with Crippen molar-refractivity contribution >= 4 is 31.6 Å². The van der Waals surface area contributed by atoms with Gasteiger partial charge in [-0.05, 0) is 53.7 Å². The van der Waals surface area contributed by atoms with Crippen molar-refractivity contribution in [2.45, 2.75) is 37.6 Å². The van der Waals surface area contributed by atoms with Crippen LogP contribution >= 0.6 is 15.9 Å². The van der Waals surface area contributed by atoms with E-state index >= 15 is 0 Å². The summed E-state index contributed by atoms with van der Waals surface area (Å²) in [5, 5.41) is 0. The number of hydrogen-bond donors (Lipinski definition) is 1. The molecule has 7 heteroatoms. The normalized spacial score (nSPS) is 24.8. The van der Waals surface area contributed by atoms with Crippen LogP contribution in [0.5, 0.6) is 0 Å². The zero-order valence-electron chi connectivity index (χ0n) is 11.4. The SMILES string of the molecule is CC1CCCN(S(=O)(=O)c2cc(N)cc(Br)c2F)C1C. The van der Waals surface area contributed by atoms with Crippen molar-refractivity contribution in [3.63, 3.8) is 0 Å². The number of nitrogen functional groups attached to an aromatic ring is 1. The Morgan fingerprint density at radius 1 is 1.40 bits per heavy atom. The Bertz CT molecular complexity index is 621. The van der Waals surface area contributed by atoms with Gasteiger partial charge in [-0.2, -0.15) is 4.31 Å². The van der Waals surface area contributed by atoms with Crippen LogP contribution in [0.2, 0.25) is 0 Å². The predicted molar refractivity (Wildman–Crippen MR) is 80.3 cm³/mol. The highest BCUT2D eigenvalue weighted by molar-refractivity contribution is 9.10. The predicted octanol–water partition coefficient (Wildman–Crippen LogP) is 2.98. The highest BCUT2D eigenvalue weighted by Crippen LogP contribution is 2.32. The lowest BCUT2D eigenvalue weighted by molar-refractivity contribution is 0.202. The van der Waals surface area contributed by atoms with Gasteiger partial charge in [-0.3, -0.25) is 0 Å². The minimum absolute atomic E-state index is 0.0637. The zero-order chi connectivity index (χ0) is 15.1. The average Bonchev–Trinajstić information content (AvgIpc) is 2.36. The molecule has 0 aromatic heterocycles. The largest absolute Gasteiger partial charge is 0.399 e. The van der Waals surface area contributed by atoms with Gasteiger partial charge >= 0.3 is 0 Å². The number of benzene rings is 1. The summed E-state index contributed by atoms with van der Waals surface area (Å²) >= 11 is 3.00. The Kier molecular flexibility index (Phi) is 4.41. The van der Waals surface area contributed by atoms with E-state index in [0.29, 0.717) is 6.54 Å². The number of nitrogens with zero attached hydrogens (tertiary/aromatic N) is 1. The van der Waals surface area contributed by atoms with Crippen LogP contribution < -0.4 is 5.73 Å². The van der Waals surface area contributed by atoms with Gasteiger partial charge in [-0.25, -0.2) is 12.8 Å². The summed E-state index contributed by atoms with van der Waals surface area (Å²) in [5.74, 6) is -0.532. The highest BCUT2D eigenvalue weighted by atomic mass is 79.9. The maximum absolute atomic E-state index is 14.1. The van der Waals surface area contributed by atoms with Crippen molar-refractivity contribution in [3.8, 4) is 0 Å². The number of hydrogen-bond acceptors (Lipinski definition) is 3. The van der Waals surface area contributed by atoms with Crippen molar-refractivity contribution in [3.05, 3.63) is 22.4 Å². The van der Waals surface area contributed by atoms with Crippen molar-refractivity contribution in [1.82, 2.24) is 4.31 Å². The number of rotatable bonds is 2. The van der Waals surface area contributed by atoms with Gasteiger partial charge < -0.3 is 5.73 Å². The standard InChI is InChI=1S/C13H18BrFN2O2S/c1-8-4-3-5-17(9(8)2)20(18,19)12-7-10(16)6-11(14)13(12)15/h6-9H,3-5,16H2,1-2H3. The van der Waals surface area contributed by atoms with E-state index in [1.807, 2.05) is 13.8 Å². The van der Waals surface area contributed by atoms with Crippen molar-refractivity contribution in [2.24, 2.45) is 5.92 Å². The molecule has 1 saturated heterocycles. The first-order chi connectivity index (χ1) is 9.25. The van der Waals surface area contributed by atoms with Crippen molar-refractivity contribution < 1.29 is 12.8 Å². The fraction of sp³-hybridized carbons (Fsp3) is 0.538. The molecular formula is C13H18BrFN2O2S. The first-order valence-corrected chi connectivity index (χ1v) is 8.75. The second-order valence-corrected chi connectivity index (χ2v) is 8.00. The van der Waals surface area contributed by atoms with Crippen LogP contribution in [0.15, 0.2) is 21.5 Å². The fourth-order valence-corrected chi connectivity index (χ4v) is 5.03. The summed E-state index contributed by atoms with van der Waals surface area (Å²) in [6, 6.07) is 2.39. The second kappa shape index (κ2) is 5.61. The fourth-order valence-electron chi connectivity index (χ4n) is 2.53. The quantitative estimate of drug-likeness (QED) is 0.820. The highest BCUT2D eigenvalue weighted by Gasteiger charge is 2.36. The number of halogens is 2. The van der Waals surface area contributed by atoms with Crippen molar-refractivity contribution in [1.29, 1.82) is 0 Å². The van der Waals surface area contributed by atoms with Gasteiger partial charge in [-0.15, -0.1) is 0 Å². The molecule has 112 valence electrons. The molecule has 0 radical (unpaired) electrons. The van der Waals surface area contributed by atoms with Gasteiger partial charge in [0, 0.05) is 18.3 Å². The Hall–Kier alpha value is -0.660. The van der Waals surface area contributed by atoms with Crippen LogP contribution in [-0.4, -0.2) is 25.3 Å². The Labute approximate surface area is 127 Å². The summed E-state index contributed by atoms with van der Waals surface area (Å²) in [4.78, 5) is -0.356. The molecule has 0 spiro atoms. The zero-order valence-corrected chi connectivity index (χ0v) is 13.8.